The number of anilines is 2. The molecule has 4 aromatic carbocycles. The number of fused-ring (bicyclic) bond motifs is 1. The molecule has 7 nitrogen and oxygen atoms in total. The summed E-state index contributed by atoms with van der Waals surface area (Å²) in [6.07, 6.45) is 2.88. The number of hydrogen-bond donors (Lipinski definition) is 1. The Balaban J connectivity index is 0.978. The van der Waals surface area contributed by atoms with Gasteiger partial charge in [-0.1, -0.05) is 71.8 Å². The van der Waals surface area contributed by atoms with Crippen LogP contribution in [0, 0.1) is 13.8 Å². The summed E-state index contributed by atoms with van der Waals surface area (Å²) in [7, 11) is 0. The van der Waals surface area contributed by atoms with Crippen molar-refractivity contribution < 1.29 is 14.3 Å². The van der Waals surface area contributed by atoms with Crippen molar-refractivity contribution >= 4 is 35.0 Å². The summed E-state index contributed by atoms with van der Waals surface area (Å²) in [6.45, 7) is 11.3. The maximum Gasteiger partial charge on any atom is 0.251 e. The number of halogens is 1. The number of nitrogens with zero attached hydrogens (tertiary/aromatic N) is 3. The Morgan fingerprint density at radius 1 is 0.894 bits per heavy atom. The first-order chi connectivity index (χ1) is 22.9. The summed E-state index contributed by atoms with van der Waals surface area (Å²) < 4.78 is 12.5. The maximum atomic E-state index is 12.9. The van der Waals surface area contributed by atoms with Gasteiger partial charge in [0.2, 0.25) is 0 Å². The smallest absolute Gasteiger partial charge is 0.251 e. The Kier molecular flexibility index (Phi) is 10.8. The molecule has 1 saturated heterocycles. The van der Waals surface area contributed by atoms with E-state index in [1.165, 1.54) is 22.4 Å². The number of rotatable bonds is 9. The van der Waals surface area contributed by atoms with Crippen LogP contribution in [-0.4, -0.2) is 63.4 Å². The van der Waals surface area contributed by atoms with Gasteiger partial charge in [0.05, 0.1) is 5.69 Å². The van der Waals surface area contributed by atoms with Gasteiger partial charge in [0.1, 0.15) is 24.8 Å². The number of nitrogens with one attached hydrogen (secondary N) is 1. The second-order valence-corrected chi connectivity index (χ2v) is 12.8. The van der Waals surface area contributed by atoms with Gasteiger partial charge in [-0.25, -0.2) is 0 Å². The second kappa shape index (κ2) is 15.5. The van der Waals surface area contributed by atoms with E-state index in [4.69, 9.17) is 21.1 Å². The highest BCUT2D eigenvalue weighted by Gasteiger charge is 2.20. The van der Waals surface area contributed by atoms with Gasteiger partial charge in [0.25, 0.3) is 5.91 Å². The molecule has 6 rings (SSSR count). The molecule has 0 spiro atoms. The first-order valence-corrected chi connectivity index (χ1v) is 16.8. The Labute approximate surface area is 283 Å². The molecule has 0 aliphatic carbocycles. The van der Waals surface area contributed by atoms with E-state index in [0.29, 0.717) is 31.2 Å². The Hall–Kier alpha value is -4.30. The Bertz CT molecular complexity index is 1700. The van der Waals surface area contributed by atoms with Crippen molar-refractivity contribution in [3.63, 3.8) is 0 Å². The van der Waals surface area contributed by atoms with E-state index < -0.39 is 0 Å². The van der Waals surface area contributed by atoms with Crippen molar-refractivity contribution in [1.29, 1.82) is 0 Å². The van der Waals surface area contributed by atoms with Crippen molar-refractivity contribution in [2.24, 2.45) is 0 Å². The average molecular weight is 651 g/mol. The van der Waals surface area contributed by atoms with Gasteiger partial charge in [0.15, 0.2) is 0 Å². The highest BCUT2D eigenvalue weighted by molar-refractivity contribution is 6.30. The lowest BCUT2D eigenvalue weighted by atomic mass is 10.1. The van der Waals surface area contributed by atoms with Crippen molar-refractivity contribution in [2.45, 2.75) is 26.8 Å². The number of amides is 1. The zero-order valence-corrected chi connectivity index (χ0v) is 28.0. The predicted octanol–water partition coefficient (Wildman–Crippen LogP) is 7.31. The SMILES string of the molecule is Cc1cccc(CN2COC/C(=C\c3ccc(C(=O)NCCCN4CCN(c5cc(Cl)ccc5C)CC4)cc3)Oc3ccccc32)c1. The minimum atomic E-state index is -0.0568. The lowest BCUT2D eigenvalue weighted by molar-refractivity contribution is 0.0951. The molecule has 8 heteroatoms. The van der Waals surface area contributed by atoms with E-state index in [1.54, 1.807) is 0 Å². The van der Waals surface area contributed by atoms with Gasteiger partial charge in [-0.05, 0) is 86.0 Å². The van der Waals surface area contributed by atoms with E-state index in [1.807, 2.05) is 54.6 Å². The molecule has 47 heavy (non-hydrogen) atoms. The molecule has 0 aromatic heterocycles. The minimum Gasteiger partial charge on any atom is -0.457 e. The summed E-state index contributed by atoms with van der Waals surface area (Å²) in [6, 6.07) is 30.3. The van der Waals surface area contributed by atoms with Gasteiger partial charge in [-0.15, -0.1) is 0 Å². The lowest BCUT2D eigenvalue weighted by Crippen LogP contribution is -2.47. The van der Waals surface area contributed by atoms with E-state index >= 15 is 0 Å². The van der Waals surface area contributed by atoms with Crippen molar-refractivity contribution in [1.82, 2.24) is 10.2 Å². The van der Waals surface area contributed by atoms with Gasteiger partial charge in [0, 0.05) is 55.5 Å². The van der Waals surface area contributed by atoms with E-state index in [0.717, 1.165) is 67.7 Å². The topological polar surface area (TPSA) is 57.3 Å². The molecule has 0 bridgehead atoms. The minimum absolute atomic E-state index is 0.0568. The molecule has 0 unspecified atom stereocenters. The first-order valence-electron chi connectivity index (χ1n) is 16.4. The number of ether oxygens (including phenoxy) is 2. The lowest BCUT2D eigenvalue weighted by Gasteiger charge is -2.37. The zero-order valence-electron chi connectivity index (χ0n) is 27.3. The predicted molar refractivity (Wildman–Crippen MR) is 191 cm³/mol. The van der Waals surface area contributed by atoms with Crippen LogP contribution < -0.4 is 19.9 Å². The van der Waals surface area contributed by atoms with E-state index in [2.05, 4.69) is 76.3 Å². The molecule has 1 N–H and O–H groups in total. The van der Waals surface area contributed by atoms with Crippen LogP contribution in [0.4, 0.5) is 11.4 Å². The van der Waals surface area contributed by atoms with Gasteiger partial charge >= 0.3 is 0 Å². The van der Waals surface area contributed by atoms with Crippen molar-refractivity contribution in [3.8, 4) is 5.75 Å². The van der Waals surface area contributed by atoms with E-state index in [9.17, 15) is 4.79 Å². The molecule has 2 heterocycles. The molecule has 2 aliphatic heterocycles. The molecule has 0 atom stereocenters. The number of hydrogen-bond acceptors (Lipinski definition) is 6. The molecule has 0 radical (unpaired) electrons. The monoisotopic (exact) mass is 650 g/mol. The van der Waals surface area contributed by atoms with Crippen LogP contribution in [0.2, 0.25) is 5.02 Å². The second-order valence-electron chi connectivity index (χ2n) is 12.3. The molecule has 244 valence electrons. The molecule has 0 saturated carbocycles. The number of piperazine rings is 1. The van der Waals surface area contributed by atoms with E-state index in [-0.39, 0.29) is 5.91 Å². The third-order valence-corrected chi connectivity index (χ3v) is 8.95. The van der Waals surface area contributed by atoms with Crippen LogP contribution in [0.25, 0.3) is 6.08 Å². The number of para-hydroxylation sites is 2. The maximum absolute atomic E-state index is 12.9. The fraction of sp³-hybridized carbons (Fsp3) is 0.308. The summed E-state index contributed by atoms with van der Waals surface area (Å²) in [5, 5.41) is 3.86. The quantitative estimate of drug-likeness (QED) is 0.192. The number of aryl methyl sites for hydroxylation is 2. The third-order valence-electron chi connectivity index (χ3n) is 8.72. The highest BCUT2D eigenvalue weighted by Crippen LogP contribution is 2.33. The molecular formula is C39H43ClN4O3. The standard InChI is InChI=1S/C39H43ClN4O3/c1-29-7-5-8-32(23-29)26-44-28-46-27-35(47-38-10-4-3-9-36(38)44)24-31-12-14-33(15-13-31)39(45)41-17-6-18-42-19-21-43(22-20-42)37-25-34(40)16-11-30(37)2/h3-5,7-16,23-25H,6,17-22,26-28H2,1-2H3,(H,41,45)/b35-24+. The number of carbonyl (C=O) groups excluding carboxylic acids is 1. The summed E-state index contributed by atoms with van der Waals surface area (Å²) in [5.41, 5.74) is 7.52. The molecular weight excluding hydrogens is 608 g/mol. The Morgan fingerprint density at radius 2 is 1.70 bits per heavy atom. The van der Waals surface area contributed by atoms with Crippen LogP contribution in [0.1, 0.15) is 39.0 Å². The van der Waals surface area contributed by atoms with Gasteiger partial charge in [-0.2, -0.15) is 0 Å². The normalized spacial score (nSPS) is 16.3. The number of carbonyl (C=O) groups is 1. The summed E-state index contributed by atoms with van der Waals surface area (Å²) in [4.78, 5) is 19.9. The average Bonchev–Trinajstić information content (AvgIpc) is 3.07. The summed E-state index contributed by atoms with van der Waals surface area (Å²) in [5.74, 6) is 1.45. The van der Waals surface area contributed by atoms with Crippen LogP contribution in [0.3, 0.4) is 0 Å². The van der Waals surface area contributed by atoms with Crippen molar-refractivity contribution in [2.75, 3.05) is 62.4 Å². The molecule has 4 aromatic rings. The molecule has 2 aliphatic rings. The largest absolute Gasteiger partial charge is 0.457 e. The number of benzene rings is 4. The van der Waals surface area contributed by atoms with Crippen LogP contribution in [0.5, 0.6) is 5.75 Å². The fourth-order valence-corrected chi connectivity index (χ4v) is 6.36. The third kappa shape index (κ3) is 8.74. The van der Waals surface area contributed by atoms with Crippen LogP contribution >= 0.6 is 11.6 Å². The highest BCUT2D eigenvalue weighted by atomic mass is 35.5. The van der Waals surface area contributed by atoms with Gasteiger partial charge < -0.3 is 24.6 Å². The molecule has 1 amide bonds. The fourth-order valence-electron chi connectivity index (χ4n) is 6.19. The van der Waals surface area contributed by atoms with Crippen LogP contribution in [0.15, 0.2) is 96.8 Å². The Morgan fingerprint density at radius 3 is 2.51 bits per heavy atom. The van der Waals surface area contributed by atoms with Gasteiger partial charge in [-0.3, -0.25) is 9.69 Å². The van der Waals surface area contributed by atoms with Crippen molar-refractivity contribution in [3.05, 3.63) is 130 Å². The zero-order chi connectivity index (χ0) is 32.6. The first kappa shape index (κ1) is 32.6. The molecule has 1 fully saturated rings. The summed E-state index contributed by atoms with van der Waals surface area (Å²) >= 11 is 6.23. The van der Waals surface area contributed by atoms with Crippen LogP contribution in [-0.2, 0) is 11.3 Å².